The van der Waals surface area contributed by atoms with E-state index in [1.54, 1.807) is 13.1 Å². The predicted octanol–water partition coefficient (Wildman–Crippen LogP) is 4.28. The van der Waals surface area contributed by atoms with E-state index in [-0.39, 0.29) is 0 Å². The molecule has 0 aliphatic rings. The molecule has 1 unspecified atom stereocenters. The largest absolute Gasteiger partial charge is 0.392 e. The number of aliphatic hydroxyl groups is 1. The molecular weight excluding hydrogens is 308 g/mol. The van der Waals surface area contributed by atoms with Crippen molar-refractivity contribution in [1.82, 2.24) is 4.98 Å². The quantitative estimate of drug-likeness (QED) is 0.760. The number of pyridine rings is 1. The summed E-state index contributed by atoms with van der Waals surface area (Å²) in [6.07, 6.45) is 1.35. The van der Waals surface area contributed by atoms with Gasteiger partial charge >= 0.3 is 0 Å². The van der Waals surface area contributed by atoms with Crippen molar-refractivity contribution >= 4 is 28.2 Å². The summed E-state index contributed by atoms with van der Waals surface area (Å²) in [7, 11) is 0. The third-order valence-corrected chi connectivity index (χ3v) is 4.13. The van der Waals surface area contributed by atoms with Crippen LogP contribution in [0.4, 0.5) is 5.69 Å². The van der Waals surface area contributed by atoms with Crippen molar-refractivity contribution in [3.8, 4) is 0 Å². The van der Waals surface area contributed by atoms with Gasteiger partial charge in [0.1, 0.15) is 0 Å². The monoisotopic (exact) mass is 326 g/mol. The number of para-hydroxylation sites is 1. The molecule has 3 nitrogen and oxygen atoms in total. The van der Waals surface area contributed by atoms with Crippen LogP contribution < -0.4 is 4.90 Å². The molecule has 0 spiro atoms. The van der Waals surface area contributed by atoms with Crippen molar-refractivity contribution in [2.75, 3.05) is 11.4 Å². The first-order chi connectivity index (χ1) is 11.1. The van der Waals surface area contributed by atoms with Crippen LogP contribution in [0.1, 0.15) is 12.5 Å². The van der Waals surface area contributed by atoms with Gasteiger partial charge in [0.05, 0.1) is 11.6 Å². The Morgan fingerprint density at radius 2 is 1.87 bits per heavy atom. The molecule has 1 heterocycles. The third kappa shape index (κ3) is 3.63. The standard InChI is InChI=1S/C19H19ClN2O/c1-14(23)12-22(16-7-3-2-4-8-16)13-17-18(20)10-9-15-6-5-11-21-19(15)17/h2-11,14,23H,12-13H2,1H3. The van der Waals surface area contributed by atoms with Crippen molar-refractivity contribution in [1.29, 1.82) is 0 Å². The van der Waals surface area contributed by atoms with Crippen LogP contribution in [-0.2, 0) is 6.54 Å². The van der Waals surface area contributed by atoms with Gasteiger partial charge in [-0.2, -0.15) is 0 Å². The van der Waals surface area contributed by atoms with Gasteiger partial charge in [-0.3, -0.25) is 4.98 Å². The molecule has 3 rings (SSSR count). The van der Waals surface area contributed by atoms with Crippen LogP contribution in [0.2, 0.25) is 5.02 Å². The smallest absolute Gasteiger partial charge is 0.0766 e. The molecule has 2 aromatic carbocycles. The van der Waals surface area contributed by atoms with E-state index in [0.717, 1.165) is 22.2 Å². The maximum Gasteiger partial charge on any atom is 0.0766 e. The van der Waals surface area contributed by atoms with Gasteiger partial charge in [-0.15, -0.1) is 0 Å². The van der Waals surface area contributed by atoms with Crippen LogP contribution >= 0.6 is 11.6 Å². The fraction of sp³-hybridized carbons (Fsp3) is 0.211. The van der Waals surface area contributed by atoms with Crippen molar-refractivity contribution in [3.05, 3.63) is 71.4 Å². The molecule has 118 valence electrons. The van der Waals surface area contributed by atoms with Crippen LogP contribution in [0.25, 0.3) is 10.9 Å². The van der Waals surface area contributed by atoms with E-state index in [1.165, 1.54) is 0 Å². The third-order valence-electron chi connectivity index (χ3n) is 3.78. The van der Waals surface area contributed by atoms with E-state index in [0.29, 0.717) is 18.1 Å². The highest BCUT2D eigenvalue weighted by atomic mass is 35.5. The molecular formula is C19H19ClN2O. The number of benzene rings is 2. The van der Waals surface area contributed by atoms with E-state index in [4.69, 9.17) is 11.6 Å². The zero-order chi connectivity index (χ0) is 16.2. The highest BCUT2D eigenvalue weighted by Crippen LogP contribution is 2.27. The van der Waals surface area contributed by atoms with Gasteiger partial charge in [-0.25, -0.2) is 0 Å². The second-order valence-corrected chi connectivity index (χ2v) is 6.07. The van der Waals surface area contributed by atoms with E-state index in [9.17, 15) is 5.11 Å². The first-order valence-corrected chi connectivity index (χ1v) is 8.03. The zero-order valence-electron chi connectivity index (χ0n) is 13.0. The van der Waals surface area contributed by atoms with Gasteiger partial charge in [0.2, 0.25) is 0 Å². The number of aliphatic hydroxyl groups excluding tert-OH is 1. The van der Waals surface area contributed by atoms with Gasteiger partial charge in [0, 0.05) is 40.9 Å². The van der Waals surface area contributed by atoms with E-state index >= 15 is 0 Å². The first-order valence-electron chi connectivity index (χ1n) is 7.65. The molecule has 0 saturated heterocycles. The maximum absolute atomic E-state index is 9.85. The van der Waals surface area contributed by atoms with E-state index in [2.05, 4.69) is 9.88 Å². The molecule has 3 aromatic rings. The summed E-state index contributed by atoms with van der Waals surface area (Å²) in [5, 5.41) is 11.6. The Balaban J connectivity index is 2.02. The van der Waals surface area contributed by atoms with Crippen molar-refractivity contribution in [3.63, 3.8) is 0 Å². The summed E-state index contributed by atoms with van der Waals surface area (Å²) < 4.78 is 0. The molecule has 0 aliphatic carbocycles. The Hall–Kier alpha value is -2.10. The van der Waals surface area contributed by atoms with Crippen LogP contribution in [0.15, 0.2) is 60.8 Å². The van der Waals surface area contributed by atoms with Crippen LogP contribution in [0, 0.1) is 0 Å². The number of anilines is 1. The molecule has 0 radical (unpaired) electrons. The summed E-state index contributed by atoms with van der Waals surface area (Å²) in [5.41, 5.74) is 2.94. The Labute approximate surface area is 141 Å². The van der Waals surface area contributed by atoms with Crippen molar-refractivity contribution in [2.24, 2.45) is 0 Å². The summed E-state index contributed by atoms with van der Waals surface area (Å²) in [6.45, 7) is 2.92. The van der Waals surface area contributed by atoms with Gasteiger partial charge in [0.15, 0.2) is 0 Å². The predicted molar refractivity (Wildman–Crippen MR) is 95.9 cm³/mol. The number of hydrogen-bond acceptors (Lipinski definition) is 3. The summed E-state index contributed by atoms with van der Waals surface area (Å²) in [5.74, 6) is 0. The van der Waals surface area contributed by atoms with Gasteiger partial charge in [-0.1, -0.05) is 41.9 Å². The fourth-order valence-corrected chi connectivity index (χ4v) is 2.95. The zero-order valence-corrected chi connectivity index (χ0v) is 13.7. The lowest BCUT2D eigenvalue weighted by Gasteiger charge is -2.27. The second kappa shape index (κ2) is 6.99. The Morgan fingerprint density at radius 1 is 1.09 bits per heavy atom. The Bertz CT molecular complexity index is 790. The molecule has 0 bridgehead atoms. The summed E-state index contributed by atoms with van der Waals surface area (Å²) in [6, 6.07) is 17.9. The number of nitrogens with zero attached hydrogens (tertiary/aromatic N) is 2. The summed E-state index contributed by atoms with van der Waals surface area (Å²) in [4.78, 5) is 6.62. The molecule has 0 aliphatic heterocycles. The van der Waals surface area contributed by atoms with Crippen LogP contribution in [-0.4, -0.2) is 22.7 Å². The average molecular weight is 327 g/mol. The molecule has 1 N–H and O–H groups in total. The highest BCUT2D eigenvalue weighted by molar-refractivity contribution is 6.32. The number of rotatable bonds is 5. The normalized spacial score (nSPS) is 12.3. The average Bonchev–Trinajstić information content (AvgIpc) is 2.57. The minimum absolute atomic E-state index is 0.433. The van der Waals surface area contributed by atoms with Crippen LogP contribution in [0.5, 0.6) is 0 Å². The Kier molecular flexibility index (Phi) is 4.79. The minimum Gasteiger partial charge on any atom is -0.392 e. The molecule has 1 aromatic heterocycles. The second-order valence-electron chi connectivity index (χ2n) is 5.67. The van der Waals surface area contributed by atoms with Crippen molar-refractivity contribution < 1.29 is 5.11 Å². The number of fused-ring (bicyclic) bond motifs is 1. The molecule has 0 amide bonds. The molecule has 1 atom stereocenters. The lowest BCUT2D eigenvalue weighted by atomic mass is 10.1. The van der Waals surface area contributed by atoms with E-state index < -0.39 is 6.10 Å². The SMILES string of the molecule is CC(O)CN(Cc1c(Cl)ccc2cccnc12)c1ccccc1. The molecule has 4 heteroatoms. The van der Waals surface area contributed by atoms with E-state index in [1.807, 2.05) is 54.6 Å². The first kappa shape index (κ1) is 15.8. The molecule has 0 saturated carbocycles. The lowest BCUT2D eigenvalue weighted by molar-refractivity contribution is 0.199. The maximum atomic E-state index is 9.85. The Morgan fingerprint density at radius 3 is 2.61 bits per heavy atom. The highest BCUT2D eigenvalue weighted by Gasteiger charge is 2.15. The topological polar surface area (TPSA) is 36.4 Å². The molecule has 23 heavy (non-hydrogen) atoms. The number of aromatic nitrogens is 1. The number of hydrogen-bond donors (Lipinski definition) is 1. The van der Waals surface area contributed by atoms with Gasteiger partial charge in [0.25, 0.3) is 0 Å². The van der Waals surface area contributed by atoms with Crippen LogP contribution in [0.3, 0.4) is 0 Å². The van der Waals surface area contributed by atoms with Gasteiger partial charge < -0.3 is 10.0 Å². The molecule has 0 fully saturated rings. The lowest BCUT2D eigenvalue weighted by Crippen LogP contribution is -2.30. The summed E-state index contributed by atoms with van der Waals surface area (Å²) >= 11 is 6.44. The van der Waals surface area contributed by atoms with Gasteiger partial charge in [-0.05, 0) is 31.2 Å². The fourth-order valence-electron chi connectivity index (χ4n) is 2.74. The van der Waals surface area contributed by atoms with Crippen molar-refractivity contribution in [2.45, 2.75) is 19.6 Å². The number of halogens is 1. The minimum atomic E-state index is -0.433.